The van der Waals surface area contributed by atoms with Gasteiger partial charge >= 0.3 is 6.03 Å². The summed E-state index contributed by atoms with van der Waals surface area (Å²) < 4.78 is 11.9. The summed E-state index contributed by atoms with van der Waals surface area (Å²) in [5.41, 5.74) is 3.20. The van der Waals surface area contributed by atoms with Gasteiger partial charge in [-0.1, -0.05) is 39.0 Å². The summed E-state index contributed by atoms with van der Waals surface area (Å²) in [7, 11) is 0. The van der Waals surface area contributed by atoms with E-state index in [0.29, 0.717) is 29.6 Å². The molecule has 0 saturated heterocycles. The predicted molar refractivity (Wildman–Crippen MR) is 137 cm³/mol. The van der Waals surface area contributed by atoms with E-state index in [2.05, 4.69) is 41.8 Å². The highest BCUT2D eigenvalue weighted by molar-refractivity contribution is 7.07. The molecule has 0 aliphatic heterocycles. The van der Waals surface area contributed by atoms with Gasteiger partial charge in [0.25, 0.3) is 0 Å². The van der Waals surface area contributed by atoms with Crippen molar-refractivity contribution in [2.45, 2.75) is 32.8 Å². The average molecular weight is 474 g/mol. The summed E-state index contributed by atoms with van der Waals surface area (Å²) in [4.78, 5) is 17.0. The van der Waals surface area contributed by atoms with Gasteiger partial charge in [-0.25, -0.2) is 9.78 Å². The number of nitrogens with one attached hydrogen (secondary N) is 2. The zero-order valence-electron chi connectivity index (χ0n) is 19.4. The number of thiophene rings is 1. The first-order chi connectivity index (χ1) is 16.4. The molecule has 4 rings (SSSR count). The summed E-state index contributed by atoms with van der Waals surface area (Å²) >= 11 is 1.64. The molecule has 2 amide bonds. The number of rotatable bonds is 7. The first-order valence-corrected chi connectivity index (χ1v) is 11.9. The standard InChI is InChI=1S/C27H27N3O3S/c1-27(2,3)22-7-4-5-9-24(22)33-25-23(8-6-15-28-25)30-26(31)29-20-10-12-21(13-11-20)32-17-19-14-16-34-18-19/h4-16,18H,17H2,1-3H3,(H2,29,30,31). The molecule has 0 radical (unpaired) electrons. The van der Waals surface area contributed by atoms with Crippen molar-refractivity contribution in [1.82, 2.24) is 4.98 Å². The van der Waals surface area contributed by atoms with E-state index in [-0.39, 0.29) is 5.41 Å². The Morgan fingerprint density at radius 1 is 0.971 bits per heavy atom. The molecule has 0 bridgehead atoms. The Morgan fingerprint density at radius 2 is 1.76 bits per heavy atom. The maximum atomic E-state index is 12.6. The molecule has 0 saturated carbocycles. The predicted octanol–water partition coefficient (Wildman–Crippen LogP) is 7.46. The fourth-order valence-corrected chi connectivity index (χ4v) is 3.96. The number of hydrogen-bond acceptors (Lipinski definition) is 5. The Bertz CT molecular complexity index is 1230. The Kier molecular flexibility index (Phi) is 7.13. The second-order valence-corrected chi connectivity index (χ2v) is 9.51. The van der Waals surface area contributed by atoms with Gasteiger partial charge in [-0.3, -0.25) is 0 Å². The largest absolute Gasteiger partial charge is 0.489 e. The maximum absolute atomic E-state index is 12.6. The first-order valence-electron chi connectivity index (χ1n) is 10.9. The van der Waals surface area contributed by atoms with Gasteiger partial charge in [-0.2, -0.15) is 11.3 Å². The van der Waals surface area contributed by atoms with Crippen LogP contribution in [-0.2, 0) is 12.0 Å². The summed E-state index contributed by atoms with van der Waals surface area (Å²) in [6.45, 7) is 6.88. The van der Waals surface area contributed by atoms with Crippen molar-refractivity contribution >= 4 is 28.7 Å². The number of para-hydroxylation sites is 1. The Balaban J connectivity index is 1.40. The van der Waals surface area contributed by atoms with Gasteiger partial charge in [-0.15, -0.1) is 0 Å². The minimum atomic E-state index is -0.395. The molecule has 2 N–H and O–H groups in total. The van der Waals surface area contributed by atoms with Crippen LogP contribution < -0.4 is 20.1 Å². The number of benzene rings is 2. The van der Waals surface area contributed by atoms with E-state index in [0.717, 1.165) is 16.9 Å². The Labute approximate surface area is 203 Å². The third-order valence-corrected chi connectivity index (χ3v) is 5.75. The topological polar surface area (TPSA) is 72.5 Å². The highest BCUT2D eigenvalue weighted by atomic mass is 32.1. The average Bonchev–Trinajstić information content (AvgIpc) is 3.33. The van der Waals surface area contributed by atoms with Gasteiger partial charge in [0, 0.05) is 17.4 Å². The van der Waals surface area contributed by atoms with E-state index in [4.69, 9.17) is 9.47 Å². The Hall–Kier alpha value is -3.84. The lowest BCUT2D eigenvalue weighted by atomic mass is 9.86. The summed E-state index contributed by atoms with van der Waals surface area (Å²) in [6.07, 6.45) is 1.63. The molecule has 2 heterocycles. The van der Waals surface area contributed by atoms with E-state index in [1.54, 1.807) is 41.8 Å². The lowest BCUT2D eigenvalue weighted by Crippen LogP contribution is -2.20. The van der Waals surface area contributed by atoms with Gasteiger partial charge in [0.1, 0.15) is 23.8 Å². The molecular weight excluding hydrogens is 446 g/mol. The van der Waals surface area contributed by atoms with Crippen LogP contribution in [0.25, 0.3) is 0 Å². The molecule has 0 aliphatic carbocycles. The zero-order valence-corrected chi connectivity index (χ0v) is 20.2. The van der Waals surface area contributed by atoms with Crippen molar-refractivity contribution in [3.05, 3.63) is 94.8 Å². The van der Waals surface area contributed by atoms with Gasteiger partial charge in [0.05, 0.1) is 0 Å². The van der Waals surface area contributed by atoms with Crippen LogP contribution in [0.2, 0.25) is 0 Å². The van der Waals surface area contributed by atoms with E-state index < -0.39 is 6.03 Å². The molecule has 2 aromatic heterocycles. The third kappa shape index (κ3) is 6.14. The quantitative estimate of drug-likeness (QED) is 0.292. The lowest BCUT2D eigenvalue weighted by Gasteiger charge is -2.22. The van der Waals surface area contributed by atoms with Crippen LogP contribution >= 0.6 is 11.3 Å². The number of aromatic nitrogens is 1. The van der Waals surface area contributed by atoms with Gasteiger partial charge in [0.15, 0.2) is 0 Å². The van der Waals surface area contributed by atoms with Crippen LogP contribution in [-0.4, -0.2) is 11.0 Å². The van der Waals surface area contributed by atoms with Crippen LogP contribution in [0.4, 0.5) is 16.2 Å². The monoisotopic (exact) mass is 473 g/mol. The summed E-state index contributed by atoms with van der Waals surface area (Å²) in [6, 6.07) is 20.2. The minimum Gasteiger partial charge on any atom is -0.489 e. The maximum Gasteiger partial charge on any atom is 0.323 e. The second kappa shape index (κ2) is 10.4. The fourth-order valence-electron chi connectivity index (χ4n) is 3.31. The van der Waals surface area contributed by atoms with Crippen LogP contribution in [0.15, 0.2) is 83.7 Å². The number of urea groups is 1. The highest BCUT2D eigenvalue weighted by Crippen LogP contribution is 2.35. The van der Waals surface area contributed by atoms with Crippen molar-refractivity contribution in [2.75, 3.05) is 10.6 Å². The molecular formula is C27H27N3O3S. The van der Waals surface area contributed by atoms with Crippen molar-refractivity contribution in [3.63, 3.8) is 0 Å². The minimum absolute atomic E-state index is 0.101. The van der Waals surface area contributed by atoms with Crippen LogP contribution in [0, 0.1) is 0 Å². The summed E-state index contributed by atoms with van der Waals surface area (Å²) in [5, 5.41) is 9.73. The number of pyridine rings is 1. The number of nitrogens with zero attached hydrogens (tertiary/aromatic N) is 1. The third-order valence-electron chi connectivity index (χ3n) is 5.02. The van der Waals surface area contributed by atoms with E-state index in [1.165, 1.54) is 0 Å². The van der Waals surface area contributed by atoms with Crippen molar-refractivity contribution < 1.29 is 14.3 Å². The molecule has 0 fully saturated rings. The number of amides is 2. The second-order valence-electron chi connectivity index (χ2n) is 8.73. The van der Waals surface area contributed by atoms with E-state index in [1.807, 2.05) is 47.8 Å². The normalized spacial score (nSPS) is 11.0. The Morgan fingerprint density at radius 3 is 2.50 bits per heavy atom. The van der Waals surface area contributed by atoms with Gasteiger partial charge < -0.3 is 20.1 Å². The number of ether oxygens (including phenoxy) is 2. The number of hydrogen-bond donors (Lipinski definition) is 2. The number of carbonyl (C=O) groups is 1. The molecule has 0 aliphatic rings. The van der Waals surface area contributed by atoms with E-state index in [9.17, 15) is 4.79 Å². The first kappa shape index (κ1) is 23.3. The smallest absolute Gasteiger partial charge is 0.323 e. The molecule has 0 atom stereocenters. The molecule has 174 valence electrons. The number of anilines is 2. The molecule has 4 aromatic rings. The summed E-state index contributed by atoms with van der Waals surface area (Å²) in [5.74, 6) is 1.76. The molecule has 7 heteroatoms. The SMILES string of the molecule is CC(C)(C)c1ccccc1Oc1ncccc1NC(=O)Nc1ccc(OCc2ccsc2)cc1. The fraction of sp³-hybridized carbons (Fsp3) is 0.185. The molecule has 6 nitrogen and oxygen atoms in total. The van der Waals surface area contributed by atoms with Crippen LogP contribution in [0.1, 0.15) is 31.9 Å². The van der Waals surface area contributed by atoms with E-state index >= 15 is 0 Å². The molecule has 0 spiro atoms. The van der Waals surface area contributed by atoms with Crippen molar-refractivity contribution in [1.29, 1.82) is 0 Å². The lowest BCUT2D eigenvalue weighted by molar-refractivity contribution is 0.262. The highest BCUT2D eigenvalue weighted by Gasteiger charge is 2.20. The van der Waals surface area contributed by atoms with Crippen LogP contribution in [0.5, 0.6) is 17.4 Å². The van der Waals surface area contributed by atoms with Crippen LogP contribution in [0.3, 0.4) is 0 Å². The molecule has 0 unspecified atom stereocenters. The number of carbonyl (C=O) groups excluding carboxylic acids is 1. The molecule has 2 aromatic carbocycles. The van der Waals surface area contributed by atoms with Gasteiger partial charge in [-0.05, 0) is 70.3 Å². The van der Waals surface area contributed by atoms with Crippen molar-refractivity contribution in [2.24, 2.45) is 0 Å². The zero-order chi connectivity index (χ0) is 24.0. The van der Waals surface area contributed by atoms with Gasteiger partial charge in [0.2, 0.25) is 5.88 Å². The van der Waals surface area contributed by atoms with Crippen molar-refractivity contribution in [3.8, 4) is 17.4 Å². The molecule has 34 heavy (non-hydrogen) atoms.